The molecule has 2 amide bonds. The van der Waals surface area contributed by atoms with Gasteiger partial charge < -0.3 is 14.5 Å². The van der Waals surface area contributed by atoms with E-state index in [0.717, 1.165) is 18.7 Å². The fourth-order valence-corrected chi connectivity index (χ4v) is 3.06. The van der Waals surface area contributed by atoms with Crippen molar-refractivity contribution in [1.82, 2.24) is 19.6 Å². The Hall–Kier alpha value is -2.83. The minimum absolute atomic E-state index is 0.00145. The molecule has 1 saturated heterocycles. The van der Waals surface area contributed by atoms with Crippen LogP contribution >= 0.6 is 0 Å². The number of piperazine rings is 1. The molecule has 0 unspecified atom stereocenters. The van der Waals surface area contributed by atoms with Crippen molar-refractivity contribution < 1.29 is 14.3 Å². The fourth-order valence-electron chi connectivity index (χ4n) is 3.06. The molecule has 0 aliphatic carbocycles. The third kappa shape index (κ3) is 4.41. The average molecular weight is 356 g/mol. The van der Waals surface area contributed by atoms with Gasteiger partial charge in [0.15, 0.2) is 0 Å². The third-order valence-corrected chi connectivity index (χ3v) is 4.59. The Morgan fingerprint density at radius 2 is 1.77 bits per heavy atom. The normalized spacial score (nSPS) is 14.3. The van der Waals surface area contributed by atoms with Crippen LogP contribution in [0.2, 0.25) is 0 Å². The summed E-state index contributed by atoms with van der Waals surface area (Å²) in [7, 11) is 1.60. The monoisotopic (exact) mass is 356 g/mol. The molecule has 0 N–H and O–H groups in total. The largest absolute Gasteiger partial charge is 0.497 e. The summed E-state index contributed by atoms with van der Waals surface area (Å²) in [5, 5.41) is 4.13. The number of hydrogen-bond acceptors (Lipinski definition) is 4. The van der Waals surface area contributed by atoms with Crippen molar-refractivity contribution >= 4 is 11.8 Å². The number of aromatic nitrogens is 2. The Balaban J connectivity index is 1.44. The van der Waals surface area contributed by atoms with Crippen LogP contribution in [0.3, 0.4) is 0 Å². The van der Waals surface area contributed by atoms with Crippen LogP contribution in [0.25, 0.3) is 0 Å². The lowest BCUT2D eigenvalue weighted by atomic mass is 10.1. The molecule has 1 aliphatic heterocycles. The smallest absolute Gasteiger partial charge is 0.253 e. The molecule has 3 rings (SSSR count). The summed E-state index contributed by atoms with van der Waals surface area (Å²) in [5.41, 5.74) is 0.643. The van der Waals surface area contributed by atoms with E-state index in [9.17, 15) is 9.59 Å². The number of amides is 2. The molecule has 1 aliphatic rings. The van der Waals surface area contributed by atoms with Crippen LogP contribution in [-0.2, 0) is 11.3 Å². The van der Waals surface area contributed by atoms with E-state index >= 15 is 0 Å². The van der Waals surface area contributed by atoms with Crippen molar-refractivity contribution in [3.05, 3.63) is 48.3 Å². The molecule has 0 saturated carbocycles. The lowest BCUT2D eigenvalue weighted by molar-refractivity contribution is -0.132. The minimum atomic E-state index is -0.00145. The van der Waals surface area contributed by atoms with Crippen molar-refractivity contribution in [3.63, 3.8) is 0 Å². The summed E-state index contributed by atoms with van der Waals surface area (Å²) >= 11 is 0. The molecule has 2 heterocycles. The van der Waals surface area contributed by atoms with E-state index in [0.29, 0.717) is 38.2 Å². The maximum absolute atomic E-state index is 12.6. The molecule has 7 nitrogen and oxygen atoms in total. The predicted octanol–water partition coefficient (Wildman–Crippen LogP) is 1.66. The quantitative estimate of drug-likeness (QED) is 0.789. The zero-order chi connectivity index (χ0) is 18.4. The lowest BCUT2D eigenvalue weighted by Gasteiger charge is -2.35. The van der Waals surface area contributed by atoms with Crippen molar-refractivity contribution in [3.8, 4) is 5.75 Å². The molecule has 0 spiro atoms. The Morgan fingerprint density at radius 1 is 1.08 bits per heavy atom. The Morgan fingerprint density at radius 3 is 2.38 bits per heavy atom. The lowest BCUT2D eigenvalue weighted by Crippen LogP contribution is -2.50. The van der Waals surface area contributed by atoms with Gasteiger partial charge in [-0.2, -0.15) is 5.10 Å². The number of carbonyl (C=O) groups is 2. The maximum Gasteiger partial charge on any atom is 0.253 e. The first kappa shape index (κ1) is 18.0. The van der Waals surface area contributed by atoms with Crippen molar-refractivity contribution in [2.45, 2.75) is 19.4 Å². The van der Waals surface area contributed by atoms with Crippen molar-refractivity contribution in [1.29, 1.82) is 0 Å². The standard InChI is InChI=1S/C19H24N4O3/c1-26-17-7-5-16(6-8-17)19(25)22-14-12-21(13-15-22)18(24)4-2-10-23-11-3-9-20-23/h3,5-9,11H,2,4,10,12-15H2,1H3. The molecule has 1 aromatic carbocycles. The predicted molar refractivity (Wildman–Crippen MR) is 96.9 cm³/mol. The van der Waals surface area contributed by atoms with Gasteiger partial charge >= 0.3 is 0 Å². The van der Waals surface area contributed by atoms with Crippen LogP contribution in [0.4, 0.5) is 0 Å². The van der Waals surface area contributed by atoms with E-state index in [1.165, 1.54) is 0 Å². The fraction of sp³-hybridized carbons (Fsp3) is 0.421. The first-order valence-electron chi connectivity index (χ1n) is 8.86. The number of methoxy groups -OCH3 is 1. The van der Waals surface area contributed by atoms with Crippen LogP contribution in [0.1, 0.15) is 23.2 Å². The highest BCUT2D eigenvalue weighted by Crippen LogP contribution is 2.14. The first-order chi connectivity index (χ1) is 12.7. The van der Waals surface area contributed by atoms with Gasteiger partial charge in [-0.3, -0.25) is 14.3 Å². The summed E-state index contributed by atoms with van der Waals surface area (Å²) in [4.78, 5) is 28.5. The summed E-state index contributed by atoms with van der Waals surface area (Å²) < 4.78 is 6.95. The molecule has 1 fully saturated rings. The van der Waals surface area contributed by atoms with Gasteiger partial charge in [0.2, 0.25) is 5.91 Å². The van der Waals surface area contributed by atoms with Crippen LogP contribution in [0.15, 0.2) is 42.7 Å². The van der Waals surface area contributed by atoms with Crippen LogP contribution < -0.4 is 4.74 Å². The zero-order valence-corrected chi connectivity index (χ0v) is 15.0. The molecular formula is C19H24N4O3. The number of rotatable bonds is 6. The molecular weight excluding hydrogens is 332 g/mol. The molecule has 0 atom stereocenters. The number of carbonyl (C=O) groups excluding carboxylic acids is 2. The van der Waals surface area contributed by atoms with E-state index in [1.54, 1.807) is 42.5 Å². The van der Waals surface area contributed by atoms with Crippen LogP contribution in [0, 0.1) is 0 Å². The molecule has 1 aromatic heterocycles. The van der Waals surface area contributed by atoms with Gasteiger partial charge in [0.1, 0.15) is 5.75 Å². The van der Waals surface area contributed by atoms with E-state index in [-0.39, 0.29) is 11.8 Å². The summed E-state index contributed by atoms with van der Waals surface area (Å²) in [5.74, 6) is 0.874. The second-order valence-corrected chi connectivity index (χ2v) is 6.27. The molecule has 26 heavy (non-hydrogen) atoms. The number of ether oxygens (including phenoxy) is 1. The second kappa shape index (κ2) is 8.51. The Bertz CT molecular complexity index is 720. The van der Waals surface area contributed by atoms with Gasteiger partial charge in [-0.05, 0) is 36.8 Å². The van der Waals surface area contributed by atoms with Gasteiger partial charge in [0.05, 0.1) is 7.11 Å². The highest BCUT2D eigenvalue weighted by Gasteiger charge is 2.24. The van der Waals surface area contributed by atoms with Gasteiger partial charge in [-0.15, -0.1) is 0 Å². The van der Waals surface area contributed by atoms with E-state index in [2.05, 4.69) is 5.10 Å². The molecule has 138 valence electrons. The summed E-state index contributed by atoms with van der Waals surface area (Å²) in [6.45, 7) is 3.05. The second-order valence-electron chi connectivity index (χ2n) is 6.27. The Labute approximate surface area is 153 Å². The number of benzene rings is 1. The number of aryl methyl sites for hydroxylation is 1. The minimum Gasteiger partial charge on any atom is -0.497 e. The first-order valence-corrected chi connectivity index (χ1v) is 8.86. The maximum atomic E-state index is 12.6. The van der Waals surface area contributed by atoms with Gasteiger partial charge in [-0.1, -0.05) is 0 Å². The third-order valence-electron chi connectivity index (χ3n) is 4.59. The van der Waals surface area contributed by atoms with Crippen molar-refractivity contribution in [2.75, 3.05) is 33.3 Å². The number of hydrogen-bond donors (Lipinski definition) is 0. The van der Waals surface area contributed by atoms with Gasteiger partial charge in [0, 0.05) is 57.1 Å². The van der Waals surface area contributed by atoms with E-state index in [1.807, 2.05) is 21.8 Å². The average Bonchev–Trinajstić information content (AvgIpc) is 3.21. The SMILES string of the molecule is COc1ccc(C(=O)N2CCN(C(=O)CCCn3cccn3)CC2)cc1. The van der Waals surface area contributed by atoms with Gasteiger partial charge in [-0.25, -0.2) is 0 Å². The van der Waals surface area contributed by atoms with Crippen LogP contribution in [0.5, 0.6) is 5.75 Å². The number of nitrogens with zero attached hydrogens (tertiary/aromatic N) is 4. The summed E-state index contributed by atoms with van der Waals surface area (Å²) in [6, 6.07) is 8.99. The zero-order valence-electron chi connectivity index (χ0n) is 15.0. The molecule has 0 radical (unpaired) electrons. The highest BCUT2D eigenvalue weighted by molar-refractivity contribution is 5.94. The topological polar surface area (TPSA) is 67.7 Å². The molecule has 0 bridgehead atoms. The van der Waals surface area contributed by atoms with E-state index in [4.69, 9.17) is 4.74 Å². The van der Waals surface area contributed by atoms with Crippen molar-refractivity contribution in [2.24, 2.45) is 0 Å². The molecule has 7 heteroatoms. The Kier molecular flexibility index (Phi) is 5.88. The van der Waals surface area contributed by atoms with Crippen LogP contribution in [-0.4, -0.2) is 64.7 Å². The van der Waals surface area contributed by atoms with E-state index < -0.39 is 0 Å². The highest BCUT2D eigenvalue weighted by atomic mass is 16.5. The summed E-state index contributed by atoms with van der Waals surface area (Å²) in [6.07, 6.45) is 4.91. The van der Waals surface area contributed by atoms with Gasteiger partial charge in [0.25, 0.3) is 5.91 Å². The molecule has 2 aromatic rings.